The van der Waals surface area contributed by atoms with Gasteiger partial charge in [0, 0.05) is 31.6 Å². The Kier molecular flexibility index (Phi) is 6.00. The summed E-state index contributed by atoms with van der Waals surface area (Å²) in [5.74, 6) is 5.54. The maximum atomic E-state index is 5.54. The van der Waals surface area contributed by atoms with Gasteiger partial charge in [-0.25, -0.2) is 0 Å². The van der Waals surface area contributed by atoms with Gasteiger partial charge < -0.3 is 4.74 Å². The van der Waals surface area contributed by atoms with E-state index >= 15 is 0 Å². The van der Waals surface area contributed by atoms with Crippen LogP contribution in [0.2, 0.25) is 0 Å². The van der Waals surface area contributed by atoms with Gasteiger partial charge in [-0.05, 0) is 30.9 Å². The molecule has 0 saturated heterocycles. The van der Waals surface area contributed by atoms with E-state index in [1.807, 2.05) is 19.3 Å². The largest absolute Gasteiger partial charge is 0.381 e. The van der Waals surface area contributed by atoms with E-state index in [4.69, 9.17) is 10.6 Å². The van der Waals surface area contributed by atoms with Crippen LogP contribution < -0.4 is 11.3 Å². The Bertz CT molecular complexity index is 304. The van der Waals surface area contributed by atoms with Gasteiger partial charge in [0.05, 0.1) is 0 Å². The summed E-state index contributed by atoms with van der Waals surface area (Å²) < 4.78 is 5.45. The Morgan fingerprint density at radius 2 is 2.25 bits per heavy atom. The van der Waals surface area contributed by atoms with Crippen LogP contribution in [-0.2, 0) is 4.74 Å². The van der Waals surface area contributed by atoms with E-state index in [9.17, 15) is 0 Å². The van der Waals surface area contributed by atoms with Crippen LogP contribution in [0.3, 0.4) is 0 Å². The highest BCUT2D eigenvalue weighted by molar-refractivity contribution is 5.19. The minimum atomic E-state index is 0.115. The third kappa shape index (κ3) is 4.26. The van der Waals surface area contributed by atoms with E-state index < -0.39 is 0 Å². The van der Waals surface area contributed by atoms with Crippen molar-refractivity contribution in [2.75, 3.05) is 13.2 Å². The minimum Gasteiger partial charge on any atom is -0.381 e. The van der Waals surface area contributed by atoms with Crippen LogP contribution in [-0.4, -0.2) is 18.2 Å². The molecule has 0 spiro atoms. The Morgan fingerprint density at radius 3 is 2.88 bits per heavy atom. The topological polar surface area (TPSA) is 60.2 Å². The number of nitrogens with zero attached hydrogens (tertiary/aromatic N) is 1. The Hall–Kier alpha value is -0.970. The standard InChI is InChI=1S/C12H21N3O/c1-3-5-16-6-4-12(15-13)11-7-10(2)8-14-9-11/h7-9,12,15H,3-6,13H2,1-2H3. The number of hydrogen-bond donors (Lipinski definition) is 2. The molecule has 3 N–H and O–H groups in total. The van der Waals surface area contributed by atoms with Crippen molar-refractivity contribution in [3.63, 3.8) is 0 Å². The van der Waals surface area contributed by atoms with Gasteiger partial charge in [0.1, 0.15) is 0 Å². The zero-order valence-electron chi connectivity index (χ0n) is 10.1. The maximum Gasteiger partial charge on any atom is 0.0497 e. The van der Waals surface area contributed by atoms with Crippen LogP contribution in [0.15, 0.2) is 18.5 Å². The smallest absolute Gasteiger partial charge is 0.0497 e. The molecule has 0 bridgehead atoms. The van der Waals surface area contributed by atoms with E-state index in [0.29, 0.717) is 0 Å². The Morgan fingerprint density at radius 1 is 1.44 bits per heavy atom. The molecule has 0 fully saturated rings. The van der Waals surface area contributed by atoms with E-state index in [1.165, 1.54) is 0 Å². The number of rotatable bonds is 7. The quantitative estimate of drug-likeness (QED) is 0.420. The van der Waals surface area contributed by atoms with Crippen LogP contribution >= 0.6 is 0 Å². The highest BCUT2D eigenvalue weighted by Crippen LogP contribution is 2.15. The van der Waals surface area contributed by atoms with Gasteiger partial charge >= 0.3 is 0 Å². The van der Waals surface area contributed by atoms with Gasteiger partial charge in [-0.15, -0.1) is 0 Å². The van der Waals surface area contributed by atoms with E-state index in [0.717, 1.165) is 37.2 Å². The lowest BCUT2D eigenvalue weighted by Crippen LogP contribution is -2.29. The SMILES string of the molecule is CCCOCCC(NN)c1cncc(C)c1. The fraction of sp³-hybridized carbons (Fsp3) is 0.583. The fourth-order valence-electron chi connectivity index (χ4n) is 1.56. The molecule has 4 nitrogen and oxygen atoms in total. The summed E-state index contributed by atoms with van der Waals surface area (Å²) in [7, 11) is 0. The summed E-state index contributed by atoms with van der Waals surface area (Å²) >= 11 is 0. The zero-order chi connectivity index (χ0) is 11.8. The number of nitrogens with two attached hydrogens (primary N) is 1. The van der Waals surface area contributed by atoms with Gasteiger partial charge in [0.2, 0.25) is 0 Å². The second kappa shape index (κ2) is 7.33. The van der Waals surface area contributed by atoms with Crippen molar-refractivity contribution >= 4 is 0 Å². The zero-order valence-corrected chi connectivity index (χ0v) is 10.1. The van der Waals surface area contributed by atoms with Crippen molar-refractivity contribution in [2.24, 2.45) is 5.84 Å². The molecule has 0 aliphatic carbocycles. The number of aryl methyl sites for hydroxylation is 1. The summed E-state index contributed by atoms with van der Waals surface area (Å²) in [5, 5.41) is 0. The Balaban J connectivity index is 2.47. The molecule has 1 atom stereocenters. The summed E-state index contributed by atoms with van der Waals surface area (Å²) in [4.78, 5) is 4.16. The third-order valence-corrected chi connectivity index (χ3v) is 2.40. The first-order valence-corrected chi connectivity index (χ1v) is 5.73. The van der Waals surface area contributed by atoms with E-state index in [2.05, 4.69) is 23.4 Å². The molecular formula is C12H21N3O. The number of pyridine rings is 1. The highest BCUT2D eigenvalue weighted by atomic mass is 16.5. The van der Waals surface area contributed by atoms with Crippen molar-refractivity contribution in [1.82, 2.24) is 10.4 Å². The van der Waals surface area contributed by atoms with Gasteiger partial charge in [-0.1, -0.05) is 13.0 Å². The van der Waals surface area contributed by atoms with Gasteiger partial charge in [0.25, 0.3) is 0 Å². The lowest BCUT2D eigenvalue weighted by atomic mass is 10.1. The lowest BCUT2D eigenvalue weighted by Gasteiger charge is -2.16. The molecule has 1 heterocycles. The minimum absolute atomic E-state index is 0.115. The highest BCUT2D eigenvalue weighted by Gasteiger charge is 2.09. The van der Waals surface area contributed by atoms with Gasteiger partial charge in [0.15, 0.2) is 0 Å². The van der Waals surface area contributed by atoms with Crippen molar-refractivity contribution in [1.29, 1.82) is 0 Å². The third-order valence-electron chi connectivity index (χ3n) is 2.40. The molecule has 0 saturated carbocycles. The summed E-state index contributed by atoms with van der Waals surface area (Å²) in [6.07, 6.45) is 5.59. The van der Waals surface area contributed by atoms with Crippen LogP contribution in [0.25, 0.3) is 0 Å². The average Bonchev–Trinajstić information content (AvgIpc) is 2.29. The average molecular weight is 223 g/mol. The molecule has 1 unspecified atom stereocenters. The molecule has 90 valence electrons. The molecule has 1 aromatic rings. The van der Waals surface area contributed by atoms with Crippen LogP contribution in [0.4, 0.5) is 0 Å². The van der Waals surface area contributed by atoms with Crippen LogP contribution in [0, 0.1) is 6.92 Å². The van der Waals surface area contributed by atoms with Crippen molar-refractivity contribution in [2.45, 2.75) is 32.7 Å². The predicted molar refractivity (Wildman–Crippen MR) is 64.8 cm³/mol. The number of nitrogens with one attached hydrogen (secondary N) is 1. The van der Waals surface area contributed by atoms with Crippen LogP contribution in [0.5, 0.6) is 0 Å². The molecule has 4 heteroatoms. The first-order chi connectivity index (χ1) is 7.77. The number of aromatic nitrogens is 1. The number of hydrazine groups is 1. The molecule has 0 radical (unpaired) electrons. The van der Waals surface area contributed by atoms with Crippen molar-refractivity contribution in [3.8, 4) is 0 Å². The molecule has 0 amide bonds. The first-order valence-electron chi connectivity index (χ1n) is 5.73. The number of ether oxygens (including phenoxy) is 1. The van der Waals surface area contributed by atoms with Crippen molar-refractivity contribution < 1.29 is 4.74 Å². The molecule has 0 aliphatic rings. The number of hydrogen-bond acceptors (Lipinski definition) is 4. The van der Waals surface area contributed by atoms with Crippen LogP contribution in [0.1, 0.15) is 36.9 Å². The summed E-state index contributed by atoms with van der Waals surface area (Å²) in [6, 6.07) is 2.21. The van der Waals surface area contributed by atoms with E-state index in [1.54, 1.807) is 0 Å². The maximum absolute atomic E-state index is 5.54. The summed E-state index contributed by atoms with van der Waals surface area (Å²) in [5.41, 5.74) is 5.06. The molecular weight excluding hydrogens is 202 g/mol. The molecule has 1 aromatic heterocycles. The van der Waals surface area contributed by atoms with Gasteiger partial charge in [-0.2, -0.15) is 0 Å². The lowest BCUT2D eigenvalue weighted by molar-refractivity contribution is 0.124. The first kappa shape index (κ1) is 13.1. The second-order valence-corrected chi connectivity index (χ2v) is 3.92. The van der Waals surface area contributed by atoms with Crippen molar-refractivity contribution in [3.05, 3.63) is 29.6 Å². The molecule has 1 rings (SSSR count). The monoisotopic (exact) mass is 223 g/mol. The predicted octanol–water partition coefficient (Wildman–Crippen LogP) is 1.71. The molecule has 0 aromatic carbocycles. The van der Waals surface area contributed by atoms with E-state index in [-0.39, 0.29) is 6.04 Å². The molecule has 16 heavy (non-hydrogen) atoms. The fourth-order valence-corrected chi connectivity index (χ4v) is 1.56. The molecule has 0 aliphatic heterocycles. The Labute approximate surface area is 97.2 Å². The normalized spacial score (nSPS) is 12.7. The summed E-state index contributed by atoms with van der Waals surface area (Å²) in [6.45, 7) is 5.65. The second-order valence-electron chi connectivity index (χ2n) is 3.92. The van der Waals surface area contributed by atoms with Gasteiger partial charge in [-0.3, -0.25) is 16.3 Å².